The van der Waals surface area contributed by atoms with Crippen LogP contribution in [0.15, 0.2) is 48.5 Å². The molecule has 136 valence electrons. The fourth-order valence-corrected chi connectivity index (χ4v) is 4.54. The summed E-state index contributed by atoms with van der Waals surface area (Å²) in [6.45, 7) is 0. The quantitative estimate of drug-likeness (QED) is 0.804. The van der Waals surface area contributed by atoms with Gasteiger partial charge in [-0.25, -0.2) is 0 Å². The maximum Gasteiger partial charge on any atom is 0.224 e. The highest BCUT2D eigenvalue weighted by molar-refractivity contribution is 6.30. The summed E-state index contributed by atoms with van der Waals surface area (Å²) >= 11 is 6.04. The van der Waals surface area contributed by atoms with E-state index < -0.39 is 0 Å². The zero-order valence-electron chi connectivity index (χ0n) is 14.8. The van der Waals surface area contributed by atoms with Crippen LogP contribution in [0.2, 0.25) is 5.02 Å². The van der Waals surface area contributed by atoms with Gasteiger partial charge in [-0.05, 0) is 49.4 Å². The molecule has 2 aromatic rings. The van der Waals surface area contributed by atoms with E-state index in [0.29, 0.717) is 11.4 Å². The van der Waals surface area contributed by atoms with Crippen molar-refractivity contribution in [3.63, 3.8) is 0 Å². The van der Waals surface area contributed by atoms with E-state index in [1.165, 1.54) is 19.3 Å². The first-order valence-corrected chi connectivity index (χ1v) is 9.83. The second kappa shape index (κ2) is 7.32. The van der Waals surface area contributed by atoms with Gasteiger partial charge in [0.25, 0.3) is 0 Å². The smallest absolute Gasteiger partial charge is 0.224 e. The summed E-state index contributed by atoms with van der Waals surface area (Å²) in [5, 5.41) is 3.91. The topological polar surface area (TPSA) is 38.3 Å². The number of para-hydroxylation sites is 1. The molecule has 1 N–H and O–H groups in total. The van der Waals surface area contributed by atoms with Crippen molar-refractivity contribution < 1.29 is 9.53 Å². The molecule has 1 saturated carbocycles. The third kappa shape index (κ3) is 3.73. The summed E-state index contributed by atoms with van der Waals surface area (Å²) in [7, 11) is 0. The minimum absolute atomic E-state index is 0.00438. The van der Waals surface area contributed by atoms with Gasteiger partial charge in [-0.3, -0.25) is 4.79 Å². The van der Waals surface area contributed by atoms with Crippen LogP contribution in [0.25, 0.3) is 0 Å². The van der Waals surface area contributed by atoms with Crippen molar-refractivity contribution in [1.82, 2.24) is 5.32 Å². The van der Waals surface area contributed by atoms with Gasteiger partial charge < -0.3 is 10.1 Å². The first-order valence-electron chi connectivity index (χ1n) is 9.45. The zero-order valence-corrected chi connectivity index (χ0v) is 15.6. The SMILES string of the molecule is O=C(Cc1cccc(Cl)c1)N[C@H]1CC2(CCCCC2)Oc2ccccc21. The molecule has 1 aliphatic carbocycles. The normalized spacial score (nSPS) is 20.9. The van der Waals surface area contributed by atoms with Gasteiger partial charge in [0.05, 0.1) is 12.5 Å². The monoisotopic (exact) mass is 369 g/mol. The van der Waals surface area contributed by atoms with Crippen LogP contribution in [0.5, 0.6) is 5.75 Å². The summed E-state index contributed by atoms with van der Waals surface area (Å²) in [4.78, 5) is 12.7. The Kier molecular flexibility index (Phi) is 4.90. The van der Waals surface area contributed by atoms with E-state index in [1.807, 2.05) is 42.5 Å². The maximum atomic E-state index is 12.7. The van der Waals surface area contributed by atoms with Crippen LogP contribution in [0.1, 0.15) is 55.7 Å². The van der Waals surface area contributed by atoms with E-state index in [-0.39, 0.29) is 17.6 Å². The predicted molar refractivity (Wildman–Crippen MR) is 104 cm³/mol. The molecule has 0 radical (unpaired) electrons. The molecule has 0 saturated heterocycles. The van der Waals surface area contributed by atoms with Gasteiger partial charge in [-0.15, -0.1) is 0 Å². The molecule has 1 fully saturated rings. The van der Waals surface area contributed by atoms with Gasteiger partial charge in [0.2, 0.25) is 5.91 Å². The average molecular weight is 370 g/mol. The average Bonchev–Trinajstić information content (AvgIpc) is 2.62. The van der Waals surface area contributed by atoms with E-state index in [9.17, 15) is 4.79 Å². The van der Waals surface area contributed by atoms with Crippen molar-refractivity contribution in [3.8, 4) is 5.75 Å². The summed E-state index contributed by atoms with van der Waals surface area (Å²) in [5.41, 5.74) is 1.89. The molecule has 0 aromatic heterocycles. The number of amides is 1. The fourth-order valence-electron chi connectivity index (χ4n) is 4.33. The Morgan fingerprint density at radius 1 is 1.12 bits per heavy atom. The van der Waals surface area contributed by atoms with E-state index >= 15 is 0 Å². The van der Waals surface area contributed by atoms with Crippen LogP contribution >= 0.6 is 11.6 Å². The molecule has 1 amide bonds. The Hall–Kier alpha value is -2.00. The molecule has 2 aromatic carbocycles. The maximum absolute atomic E-state index is 12.7. The van der Waals surface area contributed by atoms with Gasteiger partial charge in [0.1, 0.15) is 11.4 Å². The summed E-state index contributed by atoms with van der Waals surface area (Å²) in [5.74, 6) is 0.952. The molecule has 26 heavy (non-hydrogen) atoms. The van der Waals surface area contributed by atoms with Crippen LogP contribution < -0.4 is 10.1 Å². The first-order chi connectivity index (χ1) is 12.6. The number of halogens is 1. The van der Waals surface area contributed by atoms with E-state index in [4.69, 9.17) is 16.3 Å². The van der Waals surface area contributed by atoms with Gasteiger partial charge in [-0.1, -0.05) is 48.4 Å². The number of carbonyl (C=O) groups is 1. The lowest BCUT2D eigenvalue weighted by Crippen LogP contribution is -2.46. The van der Waals surface area contributed by atoms with Gasteiger partial charge in [0.15, 0.2) is 0 Å². The molecule has 1 spiro atoms. The number of rotatable bonds is 3. The van der Waals surface area contributed by atoms with Crippen molar-refractivity contribution in [3.05, 3.63) is 64.7 Å². The Bertz CT molecular complexity index is 798. The third-order valence-electron chi connectivity index (χ3n) is 5.55. The summed E-state index contributed by atoms with van der Waals surface area (Å²) in [6.07, 6.45) is 7.01. The lowest BCUT2D eigenvalue weighted by Gasteiger charge is -2.44. The molecule has 1 heterocycles. The Morgan fingerprint density at radius 3 is 2.73 bits per heavy atom. The second-order valence-electron chi connectivity index (χ2n) is 7.51. The highest BCUT2D eigenvalue weighted by atomic mass is 35.5. The number of ether oxygens (including phenoxy) is 1. The minimum Gasteiger partial charge on any atom is -0.487 e. The number of hydrogen-bond donors (Lipinski definition) is 1. The number of hydrogen-bond acceptors (Lipinski definition) is 2. The lowest BCUT2D eigenvalue weighted by atomic mass is 9.77. The summed E-state index contributed by atoms with van der Waals surface area (Å²) in [6, 6.07) is 15.6. The zero-order chi connectivity index (χ0) is 18.0. The fraction of sp³-hybridized carbons (Fsp3) is 0.409. The third-order valence-corrected chi connectivity index (χ3v) is 5.79. The number of benzene rings is 2. The van der Waals surface area contributed by atoms with Crippen LogP contribution in [0, 0.1) is 0 Å². The Morgan fingerprint density at radius 2 is 1.92 bits per heavy atom. The van der Waals surface area contributed by atoms with Crippen molar-refractivity contribution in [2.24, 2.45) is 0 Å². The Balaban J connectivity index is 1.53. The highest BCUT2D eigenvalue weighted by Crippen LogP contribution is 2.46. The molecule has 4 heteroatoms. The molecule has 2 aliphatic rings. The number of fused-ring (bicyclic) bond motifs is 1. The van der Waals surface area contributed by atoms with Crippen LogP contribution in [0.3, 0.4) is 0 Å². The van der Waals surface area contributed by atoms with E-state index in [0.717, 1.165) is 36.1 Å². The van der Waals surface area contributed by atoms with Gasteiger partial charge >= 0.3 is 0 Å². The summed E-state index contributed by atoms with van der Waals surface area (Å²) < 4.78 is 6.44. The molecule has 3 nitrogen and oxygen atoms in total. The van der Waals surface area contributed by atoms with Gasteiger partial charge in [-0.2, -0.15) is 0 Å². The van der Waals surface area contributed by atoms with Crippen molar-refractivity contribution in [2.45, 2.75) is 56.6 Å². The van der Waals surface area contributed by atoms with Crippen LogP contribution in [-0.4, -0.2) is 11.5 Å². The van der Waals surface area contributed by atoms with Crippen molar-refractivity contribution in [1.29, 1.82) is 0 Å². The molecular weight excluding hydrogens is 346 g/mol. The molecule has 1 aliphatic heterocycles. The molecule has 1 atom stereocenters. The molecular formula is C22H24ClNO2. The minimum atomic E-state index is -0.124. The standard InChI is InChI=1S/C22H24ClNO2/c23-17-8-6-7-16(13-17)14-21(25)24-19-15-22(11-4-1-5-12-22)26-20-10-3-2-9-18(19)20/h2-3,6-10,13,19H,1,4-5,11-12,14-15H2,(H,24,25)/t19-/m0/s1. The van der Waals surface area contributed by atoms with E-state index in [1.54, 1.807) is 0 Å². The van der Waals surface area contributed by atoms with Crippen molar-refractivity contribution >= 4 is 17.5 Å². The molecule has 4 rings (SSSR count). The Labute approximate surface area is 159 Å². The first kappa shape index (κ1) is 17.4. The predicted octanol–water partition coefficient (Wildman–Crippen LogP) is 5.23. The largest absolute Gasteiger partial charge is 0.487 e. The number of nitrogens with one attached hydrogen (secondary N) is 1. The van der Waals surface area contributed by atoms with Crippen LogP contribution in [0.4, 0.5) is 0 Å². The lowest BCUT2D eigenvalue weighted by molar-refractivity contribution is -0.122. The highest BCUT2D eigenvalue weighted by Gasteiger charge is 2.42. The number of carbonyl (C=O) groups excluding carboxylic acids is 1. The molecule has 0 unspecified atom stereocenters. The van der Waals surface area contributed by atoms with Gasteiger partial charge in [0, 0.05) is 17.0 Å². The molecule has 0 bridgehead atoms. The van der Waals surface area contributed by atoms with Crippen molar-refractivity contribution in [2.75, 3.05) is 0 Å². The second-order valence-corrected chi connectivity index (χ2v) is 7.95. The van der Waals surface area contributed by atoms with Crippen LogP contribution in [-0.2, 0) is 11.2 Å². The van der Waals surface area contributed by atoms with E-state index in [2.05, 4.69) is 11.4 Å².